The van der Waals surface area contributed by atoms with E-state index in [9.17, 15) is 4.79 Å². The highest BCUT2D eigenvalue weighted by Crippen LogP contribution is 2.36. The van der Waals surface area contributed by atoms with Gasteiger partial charge in [-0.1, -0.05) is 30.3 Å². The van der Waals surface area contributed by atoms with Crippen LogP contribution in [0, 0.1) is 0 Å². The monoisotopic (exact) mass is 494 g/mol. The number of piperidine rings is 1. The fourth-order valence-corrected chi connectivity index (χ4v) is 4.74. The van der Waals surface area contributed by atoms with E-state index in [-0.39, 0.29) is 11.8 Å². The molecule has 1 atom stereocenters. The van der Waals surface area contributed by atoms with E-state index in [0.717, 1.165) is 41.0 Å². The molecule has 0 saturated carbocycles. The maximum Gasteiger partial charge on any atom is 0.263 e. The lowest BCUT2D eigenvalue weighted by atomic mass is 9.88. The molecule has 1 saturated heterocycles. The van der Waals surface area contributed by atoms with Gasteiger partial charge in [-0.25, -0.2) is 9.97 Å². The lowest BCUT2D eigenvalue weighted by Crippen LogP contribution is -2.44. The minimum Gasteiger partial charge on any atom is -0.497 e. The summed E-state index contributed by atoms with van der Waals surface area (Å²) in [5, 5.41) is 0. The number of ether oxygens (including phenoxy) is 2. The van der Waals surface area contributed by atoms with Gasteiger partial charge in [0.15, 0.2) is 11.9 Å². The van der Waals surface area contributed by atoms with Gasteiger partial charge in [-0.05, 0) is 61.7 Å². The third-order valence-corrected chi connectivity index (χ3v) is 6.72. The number of hydrogen-bond acceptors (Lipinski definition) is 6. The fraction of sp³-hybridized carbons (Fsp3) is 0.267. The molecule has 2 aromatic heterocycles. The van der Waals surface area contributed by atoms with Crippen LogP contribution in [0.2, 0.25) is 0 Å². The van der Waals surface area contributed by atoms with Crippen LogP contribution >= 0.6 is 0 Å². The summed E-state index contributed by atoms with van der Waals surface area (Å²) < 4.78 is 11.3. The number of nitrogens with zero attached hydrogens (tertiary/aromatic N) is 4. The lowest BCUT2D eigenvalue weighted by molar-refractivity contribution is -0.139. The first kappa shape index (κ1) is 24.4. The highest BCUT2D eigenvalue weighted by atomic mass is 16.5. The molecule has 0 N–H and O–H groups in total. The number of amides is 1. The number of para-hydroxylation sites is 1. The predicted octanol–water partition coefficient (Wildman–Crippen LogP) is 5.39. The molecule has 1 amide bonds. The summed E-state index contributed by atoms with van der Waals surface area (Å²) in [6.07, 6.45) is 6.49. The van der Waals surface area contributed by atoms with Gasteiger partial charge in [0.25, 0.3) is 5.91 Å². The molecule has 2 aromatic carbocycles. The van der Waals surface area contributed by atoms with E-state index in [1.54, 1.807) is 19.5 Å². The van der Waals surface area contributed by atoms with Crippen molar-refractivity contribution >= 4 is 5.91 Å². The molecule has 0 aliphatic carbocycles. The summed E-state index contributed by atoms with van der Waals surface area (Å²) in [6, 6.07) is 21.3. The topological polar surface area (TPSA) is 77.4 Å². The normalized spacial score (nSPS) is 14.7. The van der Waals surface area contributed by atoms with Crippen LogP contribution in [0.3, 0.4) is 0 Å². The van der Waals surface area contributed by atoms with E-state index in [2.05, 4.69) is 16.0 Å². The molecule has 3 heterocycles. The molecule has 7 heteroatoms. The van der Waals surface area contributed by atoms with Crippen LogP contribution in [0.1, 0.15) is 31.4 Å². The molecule has 4 aromatic rings. The predicted molar refractivity (Wildman–Crippen MR) is 142 cm³/mol. The van der Waals surface area contributed by atoms with Gasteiger partial charge in [0, 0.05) is 48.7 Å². The standard InChI is InChI=1S/C30H30N4O3/c1-21(37-25-10-4-3-5-11-25)30(35)34-16-13-22(14-17-34)28-27(23-8-6-12-26(18-23)36-2)20-32-29(33-28)24-9-7-15-31-19-24/h3-12,15,18-22H,13-14,16-17H2,1-2H3. The Balaban J connectivity index is 1.37. The SMILES string of the molecule is COc1cccc(-c2cnc(-c3cccnc3)nc2C2CCN(C(=O)C(C)Oc3ccccc3)CC2)c1. The van der Waals surface area contributed by atoms with Crippen LogP contribution < -0.4 is 9.47 Å². The van der Waals surface area contributed by atoms with Gasteiger partial charge < -0.3 is 14.4 Å². The molecular weight excluding hydrogens is 464 g/mol. The molecule has 188 valence electrons. The molecule has 37 heavy (non-hydrogen) atoms. The second-order valence-corrected chi connectivity index (χ2v) is 9.14. The number of hydrogen-bond donors (Lipinski definition) is 0. The molecule has 0 bridgehead atoms. The number of carbonyl (C=O) groups is 1. The van der Waals surface area contributed by atoms with Gasteiger partial charge in [0.1, 0.15) is 11.5 Å². The molecule has 1 aliphatic rings. The second kappa shape index (κ2) is 11.2. The summed E-state index contributed by atoms with van der Waals surface area (Å²) in [5.74, 6) is 2.33. The summed E-state index contributed by atoms with van der Waals surface area (Å²) in [7, 11) is 1.66. The van der Waals surface area contributed by atoms with Gasteiger partial charge >= 0.3 is 0 Å². The number of rotatable bonds is 7. The number of carbonyl (C=O) groups excluding carboxylic acids is 1. The van der Waals surface area contributed by atoms with Gasteiger partial charge in [-0.2, -0.15) is 0 Å². The summed E-state index contributed by atoms with van der Waals surface area (Å²) in [6.45, 7) is 3.11. The van der Waals surface area contributed by atoms with Gasteiger partial charge in [-0.15, -0.1) is 0 Å². The van der Waals surface area contributed by atoms with Crippen molar-refractivity contribution in [3.63, 3.8) is 0 Å². The molecule has 1 aliphatic heterocycles. The Kier molecular flexibility index (Phi) is 7.40. The highest BCUT2D eigenvalue weighted by molar-refractivity contribution is 5.81. The number of pyridine rings is 1. The minimum atomic E-state index is -0.539. The van der Waals surface area contributed by atoms with Crippen LogP contribution in [0.5, 0.6) is 11.5 Å². The number of aromatic nitrogens is 3. The Morgan fingerprint density at radius 2 is 1.70 bits per heavy atom. The zero-order valence-corrected chi connectivity index (χ0v) is 21.1. The van der Waals surface area contributed by atoms with Crippen molar-refractivity contribution in [2.75, 3.05) is 20.2 Å². The molecule has 1 fully saturated rings. The number of benzene rings is 2. The van der Waals surface area contributed by atoms with Crippen molar-refractivity contribution in [3.8, 4) is 34.0 Å². The average Bonchev–Trinajstić information content (AvgIpc) is 2.97. The van der Waals surface area contributed by atoms with E-state index < -0.39 is 6.10 Å². The lowest BCUT2D eigenvalue weighted by Gasteiger charge is -2.34. The maximum absolute atomic E-state index is 13.1. The fourth-order valence-electron chi connectivity index (χ4n) is 4.74. The Morgan fingerprint density at radius 3 is 2.43 bits per heavy atom. The van der Waals surface area contributed by atoms with Crippen molar-refractivity contribution in [2.24, 2.45) is 0 Å². The van der Waals surface area contributed by atoms with E-state index in [1.807, 2.05) is 78.7 Å². The Morgan fingerprint density at radius 1 is 0.946 bits per heavy atom. The van der Waals surface area contributed by atoms with Gasteiger partial charge in [0.2, 0.25) is 0 Å². The first-order chi connectivity index (χ1) is 18.1. The molecule has 1 unspecified atom stereocenters. The second-order valence-electron chi connectivity index (χ2n) is 9.14. The third kappa shape index (κ3) is 5.61. The first-order valence-corrected chi connectivity index (χ1v) is 12.5. The van der Waals surface area contributed by atoms with Gasteiger partial charge in [-0.3, -0.25) is 9.78 Å². The van der Waals surface area contributed by atoms with Crippen molar-refractivity contribution in [1.82, 2.24) is 19.9 Å². The van der Waals surface area contributed by atoms with Crippen LogP contribution in [-0.4, -0.2) is 52.1 Å². The van der Waals surface area contributed by atoms with E-state index in [0.29, 0.717) is 24.7 Å². The first-order valence-electron chi connectivity index (χ1n) is 12.5. The van der Waals surface area contributed by atoms with Crippen LogP contribution in [0.15, 0.2) is 85.3 Å². The Hall–Kier alpha value is -4.26. The summed E-state index contributed by atoms with van der Waals surface area (Å²) in [5.41, 5.74) is 3.86. The molecule has 0 radical (unpaired) electrons. The maximum atomic E-state index is 13.1. The summed E-state index contributed by atoms with van der Waals surface area (Å²) >= 11 is 0. The smallest absolute Gasteiger partial charge is 0.263 e. The zero-order valence-electron chi connectivity index (χ0n) is 21.1. The van der Waals surface area contributed by atoms with Gasteiger partial charge in [0.05, 0.1) is 12.8 Å². The number of methoxy groups -OCH3 is 1. The van der Waals surface area contributed by atoms with E-state index in [4.69, 9.17) is 14.5 Å². The molecule has 5 rings (SSSR count). The van der Waals surface area contributed by atoms with E-state index in [1.165, 1.54) is 0 Å². The third-order valence-electron chi connectivity index (χ3n) is 6.72. The Bertz CT molecular complexity index is 1340. The quantitative estimate of drug-likeness (QED) is 0.343. The zero-order chi connectivity index (χ0) is 25.6. The van der Waals surface area contributed by atoms with E-state index >= 15 is 0 Å². The average molecular weight is 495 g/mol. The largest absolute Gasteiger partial charge is 0.497 e. The highest BCUT2D eigenvalue weighted by Gasteiger charge is 2.30. The molecular formula is C30H30N4O3. The minimum absolute atomic E-state index is 0.00839. The van der Waals surface area contributed by atoms with Crippen molar-refractivity contribution in [1.29, 1.82) is 0 Å². The number of likely N-dealkylation sites (tertiary alicyclic amines) is 1. The Labute approximate surface area is 217 Å². The van der Waals surface area contributed by atoms with Crippen molar-refractivity contribution < 1.29 is 14.3 Å². The van der Waals surface area contributed by atoms with Crippen LogP contribution in [0.25, 0.3) is 22.5 Å². The van der Waals surface area contributed by atoms with Crippen molar-refractivity contribution in [3.05, 3.63) is 91.0 Å². The van der Waals surface area contributed by atoms with Crippen LogP contribution in [0.4, 0.5) is 0 Å². The van der Waals surface area contributed by atoms with Crippen LogP contribution in [-0.2, 0) is 4.79 Å². The van der Waals surface area contributed by atoms with Crippen molar-refractivity contribution in [2.45, 2.75) is 31.8 Å². The summed E-state index contributed by atoms with van der Waals surface area (Å²) in [4.78, 5) is 28.9. The molecule has 7 nitrogen and oxygen atoms in total. The molecule has 0 spiro atoms.